The lowest BCUT2D eigenvalue weighted by molar-refractivity contribution is -0.119. The first-order valence-corrected chi connectivity index (χ1v) is 8.43. The van der Waals surface area contributed by atoms with Crippen molar-refractivity contribution in [3.05, 3.63) is 24.3 Å². The molecule has 7 heteroatoms. The van der Waals surface area contributed by atoms with Crippen molar-refractivity contribution in [2.45, 2.75) is 30.6 Å². The minimum absolute atomic E-state index is 0.0707. The summed E-state index contributed by atoms with van der Waals surface area (Å²) in [6.07, 6.45) is 3.45. The maximum Gasteiger partial charge on any atom is 0.240 e. The largest absolute Gasteiger partial charge is 0.330 e. The molecule has 1 fully saturated rings. The number of hydrogen-bond acceptors (Lipinski definition) is 4. The van der Waals surface area contributed by atoms with E-state index in [1.807, 2.05) is 0 Å². The molecular formula is C14H21N3O3S. The zero-order valence-corrected chi connectivity index (χ0v) is 12.9. The van der Waals surface area contributed by atoms with Gasteiger partial charge in [-0.25, -0.2) is 13.1 Å². The van der Waals surface area contributed by atoms with Gasteiger partial charge in [-0.05, 0) is 50.0 Å². The molecule has 1 aromatic rings. The topological polar surface area (TPSA) is 101 Å². The van der Waals surface area contributed by atoms with E-state index in [2.05, 4.69) is 10.0 Å². The van der Waals surface area contributed by atoms with Crippen LogP contribution in [0.15, 0.2) is 29.2 Å². The summed E-state index contributed by atoms with van der Waals surface area (Å²) >= 11 is 0. The third kappa shape index (κ3) is 3.61. The van der Waals surface area contributed by atoms with Crippen LogP contribution in [0.1, 0.15) is 25.7 Å². The van der Waals surface area contributed by atoms with Gasteiger partial charge in [-0.15, -0.1) is 0 Å². The van der Waals surface area contributed by atoms with Gasteiger partial charge in [0.15, 0.2) is 0 Å². The van der Waals surface area contributed by atoms with Gasteiger partial charge in [0.1, 0.15) is 0 Å². The number of amides is 1. The number of sulfonamides is 1. The quantitative estimate of drug-likeness (QED) is 0.731. The number of hydrogen-bond donors (Lipinski definition) is 3. The average molecular weight is 311 g/mol. The lowest BCUT2D eigenvalue weighted by Crippen LogP contribution is -2.40. The van der Waals surface area contributed by atoms with Crippen LogP contribution in [0.2, 0.25) is 0 Å². The van der Waals surface area contributed by atoms with Crippen molar-refractivity contribution in [3.8, 4) is 0 Å². The fourth-order valence-electron chi connectivity index (χ4n) is 2.53. The molecule has 0 aliphatic heterocycles. The van der Waals surface area contributed by atoms with E-state index in [0.717, 1.165) is 19.3 Å². The molecule has 0 spiro atoms. The van der Waals surface area contributed by atoms with Gasteiger partial charge in [-0.3, -0.25) is 4.79 Å². The number of rotatable bonds is 6. The van der Waals surface area contributed by atoms with Crippen molar-refractivity contribution in [3.63, 3.8) is 0 Å². The van der Waals surface area contributed by atoms with Crippen molar-refractivity contribution in [1.82, 2.24) is 4.72 Å². The Hall–Kier alpha value is -1.44. The van der Waals surface area contributed by atoms with Crippen molar-refractivity contribution < 1.29 is 13.2 Å². The number of anilines is 1. The average Bonchev–Trinajstić information content (AvgIpc) is 2.43. The third-order valence-corrected chi connectivity index (χ3v) is 5.49. The van der Waals surface area contributed by atoms with E-state index in [9.17, 15) is 13.2 Å². The maximum atomic E-state index is 12.1. The molecule has 1 amide bonds. The highest BCUT2D eigenvalue weighted by molar-refractivity contribution is 7.89. The standard InChI is InChI=1S/C14H21N3O3S/c1-16-21(19,20)12-5-2-4-11(8-12)17-13(18)9-14(10-15)6-3-7-14/h2,4-5,8,16H,3,6-7,9-10,15H2,1H3,(H,17,18). The van der Waals surface area contributed by atoms with Gasteiger partial charge in [0, 0.05) is 12.1 Å². The molecule has 0 saturated heterocycles. The third-order valence-electron chi connectivity index (χ3n) is 4.08. The Morgan fingerprint density at radius 1 is 1.38 bits per heavy atom. The second kappa shape index (κ2) is 6.13. The molecule has 6 nitrogen and oxygen atoms in total. The molecule has 0 unspecified atom stereocenters. The molecule has 1 aromatic carbocycles. The summed E-state index contributed by atoms with van der Waals surface area (Å²) in [6, 6.07) is 6.19. The summed E-state index contributed by atoms with van der Waals surface area (Å²) in [5, 5.41) is 2.75. The SMILES string of the molecule is CNS(=O)(=O)c1cccc(NC(=O)CC2(CN)CCC2)c1. The molecule has 1 aliphatic carbocycles. The van der Waals surface area contributed by atoms with E-state index in [1.54, 1.807) is 12.1 Å². The van der Waals surface area contributed by atoms with E-state index in [0.29, 0.717) is 18.7 Å². The Kier molecular flexibility index (Phi) is 4.65. The van der Waals surface area contributed by atoms with Crippen molar-refractivity contribution in [2.24, 2.45) is 11.1 Å². The molecule has 0 atom stereocenters. The van der Waals surface area contributed by atoms with Crippen LogP contribution in [0, 0.1) is 5.41 Å². The van der Waals surface area contributed by atoms with E-state index in [1.165, 1.54) is 19.2 Å². The summed E-state index contributed by atoms with van der Waals surface area (Å²) in [5.41, 5.74) is 6.15. The molecule has 2 rings (SSSR count). The fraction of sp³-hybridized carbons (Fsp3) is 0.500. The van der Waals surface area contributed by atoms with Gasteiger partial charge < -0.3 is 11.1 Å². The van der Waals surface area contributed by atoms with Crippen LogP contribution in [0.3, 0.4) is 0 Å². The Morgan fingerprint density at radius 3 is 2.62 bits per heavy atom. The van der Waals surface area contributed by atoms with Crippen LogP contribution >= 0.6 is 0 Å². The first-order chi connectivity index (χ1) is 9.91. The van der Waals surface area contributed by atoms with Crippen LogP contribution < -0.4 is 15.8 Å². The fourth-order valence-corrected chi connectivity index (χ4v) is 3.31. The summed E-state index contributed by atoms with van der Waals surface area (Å²) in [4.78, 5) is 12.2. The van der Waals surface area contributed by atoms with E-state index >= 15 is 0 Å². The zero-order chi connectivity index (χ0) is 15.5. The van der Waals surface area contributed by atoms with E-state index < -0.39 is 10.0 Å². The lowest BCUT2D eigenvalue weighted by atomic mass is 9.66. The highest BCUT2D eigenvalue weighted by Gasteiger charge is 2.37. The molecule has 1 aliphatic rings. The van der Waals surface area contributed by atoms with Gasteiger partial charge >= 0.3 is 0 Å². The second-order valence-electron chi connectivity index (χ2n) is 5.52. The van der Waals surface area contributed by atoms with Gasteiger partial charge in [-0.2, -0.15) is 0 Å². The van der Waals surface area contributed by atoms with Crippen LogP contribution in [-0.2, 0) is 14.8 Å². The Balaban J connectivity index is 2.06. The number of carbonyl (C=O) groups excluding carboxylic acids is 1. The minimum Gasteiger partial charge on any atom is -0.330 e. The van der Waals surface area contributed by atoms with E-state index in [4.69, 9.17) is 5.73 Å². The lowest BCUT2D eigenvalue weighted by Gasteiger charge is -2.40. The van der Waals surface area contributed by atoms with Crippen LogP contribution in [0.4, 0.5) is 5.69 Å². The van der Waals surface area contributed by atoms with Crippen LogP contribution in [-0.4, -0.2) is 27.9 Å². The van der Waals surface area contributed by atoms with Crippen molar-refractivity contribution >= 4 is 21.6 Å². The molecular weight excluding hydrogens is 290 g/mol. The number of nitrogens with one attached hydrogen (secondary N) is 2. The Bertz CT molecular complexity index is 619. The molecule has 1 saturated carbocycles. The smallest absolute Gasteiger partial charge is 0.240 e. The summed E-state index contributed by atoms with van der Waals surface area (Å²) in [6.45, 7) is 0.509. The highest BCUT2D eigenvalue weighted by Crippen LogP contribution is 2.43. The zero-order valence-electron chi connectivity index (χ0n) is 12.1. The molecule has 0 aromatic heterocycles. The predicted octanol–water partition coefficient (Wildman–Crippen LogP) is 1.05. The normalized spacial score (nSPS) is 17.0. The Labute approximate surface area is 125 Å². The highest BCUT2D eigenvalue weighted by atomic mass is 32.2. The van der Waals surface area contributed by atoms with Crippen molar-refractivity contribution in [1.29, 1.82) is 0 Å². The molecule has 116 valence electrons. The van der Waals surface area contributed by atoms with Gasteiger partial charge in [0.25, 0.3) is 0 Å². The summed E-state index contributed by atoms with van der Waals surface area (Å²) in [5.74, 6) is -0.126. The van der Waals surface area contributed by atoms with Crippen LogP contribution in [0.5, 0.6) is 0 Å². The van der Waals surface area contributed by atoms with Gasteiger partial charge in [0.2, 0.25) is 15.9 Å². The summed E-state index contributed by atoms with van der Waals surface area (Å²) < 4.78 is 25.7. The number of carbonyl (C=O) groups is 1. The molecule has 4 N–H and O–H groups in total. The van der Waals surface area contributed by atoms with E-state index in [-0.39, 0.29) is 16.2 Å². The van der Waals surface area contributed by atoms with Crippen LogP contribution in [0.25, 0.3) is 0 Å². The van der Waals surface area contributed by atoms with Crippen molar-refractivity contribution in [2.75, 3.05) is 18.9 Å². The number of benzene rings is 1. The monoisotopic (exact) mass is 311 g/mol. The molecule has 0 heterocycles. The van der Waals surface area contributed by atoms with Gasteiger partial charge in [0.05, 0.1) is 4.90 Å². The number of nitrogens with two attached hydrogens (primary N) is 1. The summed E-state index contributed by atoms with van der Waals surface area (Å²) in [7, 11) is -2.16. The van der Waals surface area contributed by atoms with Gasteiger partial charge in [-0.1, -0.05) is 12.5 Å². The molecule has 0 bridgehead atoms. The minimum atomic E-state index is -3.51. The second-order valence-corrected chi connectivity index (χ2v) is 7.40. The first kappa shape index (κ1) is 15.9. The molecule has 0 radical (unpaired) electrons. The Morgan fingerprint density at radius 2 is 2.10 bits per heavy atom. The predicted molar refractivity (Wildman–Crippen MR) is 81.3 cm³/mol. The maximum absolute atomic E-state index is 12.1. The molecule has 21 heavy (non-hydrogen) atoms. The first-order valence-electron chi connectivity index (χ1n) is 6.94.